The second kappa shape index (κ2) is 8.93. The van der Waals surface area contributed by atoms with Gasteiger partial charge in [0.15, 0.2) is 0 Å². The first-order valence-electron chi connectivity index (χ1n) is 8.46. The van der Waals surface area contributed by atoms with Crippen LogP contribution in [0.4, 0.5) is 8.78 Å². The van der Waals surface area contributed by atoms with Crippen molar-refractivity contribution < 1.29 is 18.3 Å². The molecule has 0 saturated heterocycles. The Kier molecular flexibility index (Phi) is 6.53. The summed E-state index contributed by atoms with van der Waals surface area (Å²) in [5.74, 6) is -1.99. The number of methoxy groups -OCH3 is 1. The van der Waals surface area contributed by atoms with Crippen LogP contribution < -0.4 is 10.5 Å². The predicted octanol–water partition coefficient (Wildman–Crippen LogP) is 4.85. The molecule has 0 aliphatic carbocycles. The Bertz CT molecular complexity index is 1210. The third kappa shape index (κ3) is 4.22. The van der Waals surface area contributed by atoms with Gasteiger partial charge in [0.25, 0.3) is 5.91 Å². The van der Waals surface area contributed by atoms with Gasteiger partial charge in [0.05, 0.1) is 32.5 Å². The number of carbonyl (C=O) groups is 1. The Labute approximate surface area is 189 Å². The molecule has 3 aromatic rings. The number of primary amides is 1. The minimum atomic E-state index is -0.833. The lowest BCUT2D eigenvalue weighted by molar-refractivity contribution is 0.0996. The van der Waals surface area contributed by atoms with Crippen LogP contribution in [-0.4, -0.2) is 18.0 Å². The van der Waals surface area contributed by atoms with Gasteiger partial charge in [-0.1, -0.05) is 17.7 Å². The molecule has 0 radical (unpaired) electrons. The number of hydrogen-bond donors (Lipinski definition) is 1. The molecule has 30 heavy (non-hydrogen) atoms. The summed E-state index contributed by atoms with van der Waals surface area (Å²) in [7, 11) is 1.34. The maximum Gasteiger partial charge on any atom is 0.252 e. The molecule has 0 aliphatic rings. The summed E-state index contributed by atoms with van der Waals surface area (Å²) in [6.07, 6.45) is 1.54. The highest BCUT2D eigenvalue weighted by Gasteiger charge is 2.19. The minimum absolute atomic E-state index is 0.0770. The molecule has 0 bridgehead atoms. The highest BCUT2D eigenvalue weighted by atomic mass is 127. The normalized spacial score (nSPS) is 10.5. The highest BCUT2D eigenvalue weighted by molar-refractivity contribution is 14.1. The van der Waals surface area contributed by atoms with E-state index < -0.39 is 17.5 Å². The van der Waals surface area contributed by atoms with Crippen LogP contribution in [0, 0.1) is 26.5 Å². The molecule has 0 unspecified atom stereocenters. The molecule has 0 atom stereocenters. The number of nitrogens with two attached hydrogens (primary N) is 1. The van der Waals surface area contributed by atoms with E-state index in [4.69, 9.17) is 22.1 Å². The van der Waals surface area contributed by atoms with Crippen molar-refractivity contribution in [3.63, 3.8) is 0 Å². The van der Waals surface area contributed by atoms with Gasteiger partial charge in [-0.25, -0.2) is 8.78 Å². The van der Waals surface area contributed by atoms with Crippen LogP contribution >= 0.6 is 34.2 Å². The quantitative estimate of drug-likeness (QED) is 0.469. The topological polar surface area (TPSA) is 89.0 Å². The molecule has 152 valence electrons. The minimum Gasteiger partial charge on any atom is -0.496 e. The maximum atomic E-state index is 14.9. The smallest absolute Gasteiger partial charge is 0.252 e. The standard InChI is InChI=1S/C21H13ClF2IN3O2/c1-30-20-11(6-12(23)7-14(20)21(27)29)4-10-2-3-13(16(24)5-10)19-15(8-26)18(22)17(25)9-28-19/h2-3,5-7,9H,4H2,1H3,(H2,27,29). The van der Waals surface area contributed by atoms with Crippen molar-refractivity contribution in [3.8, 4) is 23.1 Å². The molecular weight excluding hydrogens is 527 g/mol. The zero-order chi connectivity index (χ0) is 22.0. The summed E-state index contributed by atoms with van der Waals surface area (Å²) in [5, 5.41) is 9.60. The fourth-order valence-electron chi connectivity index (χ4n) is 3.06. The van der Waals surface area contributed by atoms with Crippen LogP contribution in [0.1, 0.15) is 27.0 Å². The Morgan fingerprint density at radius 1 is 1.33 bits per heavy atom. The van der Waals surface area contributed by atoms with E-state index in [1.807, 2.05) is 28.7 Å². The van der Waals surface area contributed by atoms with E-state index in [-0.39, 0.29) is 39.6 Å². The molecule has 9 heteroatoms. The van der Waals surface area contributed by atoms with Crippen LogP contribution in [0.3, 0.4) is 0 Å². The van der Waals surface area contributed by atoms with Crippen molar-refractivity contribution in [1.82, 2.24) is 4.98 Å². The lowest BCUT2D eigenvalue weighted by Gasteiger charge is -2.13. The van der Waals surface area contributed by atoms with Crippen LogP contribution in [0.25, 0.3) is 11.3 Å². The molecule has 1 heterocycles. The van der Waals surface area contributed by atoms with Crippen LogP contribution in [0.2, 0.25) is 5.02 Å². The second-order valence-electron chi connectivity index (χ2n) is 6.26. The summed E-state index contributed by atoms with van der Waals surface area (Å²) >= 11 is 8.09. The molecule has 1 aromatic heterocycles. The first-order valence-corrected chi connectivity index (χ1v) is 9.91. The molecule has 3 rings (SSSR count). The zero-order valence-corrected chi connectivity index (χ0v) is 18.4. The third-order valence-electron chi connectivity index (χ3n) is 4.37. The van der Waals surface area contributed by atoms with E-state index in [9.17, 15) is 18.8 Å². The van der Waals surface area contributed by atoms with Crippen LogP contribution in [0.15, 0.2) is 36.5 Å². The number of ether oxygens (including phenoxy) is 1. The van der Waals surface area contributed by atoms with Crippen LogP contribution in [-0.2, 0) is 6.42 Å². The lowest BCUT2D eigenvalue weighted by Crippen LogP contribution is -2.14. The third-order valence-corrected chi connectivity index (χ3v) is 5.90. The molecule has 0 spiro atoms. The number of benzene rings is 2. The largest absolute Gasteiger partial charge is 0.496 e. The number of nitriles is 1. The van der Waals surface area contributed by atoms with E-state index >= 15 is 0 Å². The number of amides is 1. The van der Waals surface area contributed by atoms with E-state index in [0.29, 0.717) is 14.7 Å². The number of hydrogen-bond acceptors (Lipinski definition) is 4. The van der Waals surface area contributed by atoms with E-state index in [0.717, 1.165) is 6.07 Å². The monoisotopic (exact) mass is 539 g/mol. The summed E-state index contributed by atoms with van der Waals surface area (Å²) in [6, 6.07) is 8.48. The number of halogens is 4. The molecule has 2 N–H and O–H groups in total. The summed E-state index contributed by atoms with van der Waals surface area (Å²) < 4.78 is 34.6. The Morgan fingerprint density at radius 2 is 2.07 bits per heavy atom. The number of nitrogens with zero attached hydrogens (tertiary/aromatic N) is 2. The molecular formula is C21H13ClF2IN3O2. The van der Waals surface area contributed by atoms with Gasteiger partial charge < -0.3 is 10.5 Å². The number of carbonyl (C=O) groups excluding carboxylic acids is 1. The van der Waals surface area contributed by atoms with Gasteiger partial charge >= 0.3 is 0 Å². The SMILES string of the molecule is COc1c(Cc2ccc(-c3ncc(I)c(Cl)c3C#N)c(F)c2)cc(F)cc1C(N)=O. The molecule has 5 nitrogen and oxygen atoms in total. The van der Waals surface area contributed by atoms with Gasteiger partial charge in [-0.05, 0) is 52.4 Å². The molecule has 0 fully saturated rings. The van der Waals surface area contributed by atoms with Gasteiger partial charge in [0.1, 0.15) is 23.5 Å². The Balaban J connectivity index is 2.04. The average Bonchev–Trinajstić information content (AvgIpc) is 2.70. The van der Waals surface area contributed by atoms with Gasteiger partial charge in [0, 0.05) is 23.7 Å². The van der Waals surface area contributed by atoms with E-state index in [1.165, 1.54) is 31.5 Å². The first kappa shape index (κ1) is 21.9. The van der Waals surface area contributed by atoms with Crippen LogP contribution in [0.5, 0.6) is 5.75 Å². The van der Waals surface area contributed by atoms with Gasteiger partial charge in [-0.15, -0.1) is 0 Å². The Morgan fingerprint density at radius 3 is 2.67 bits per heavy atom. The first-order chi connectivity index (χ1) is 14.3. The predicted molar refractivity (Wildman–Crippen MR) is 116 cm³/mol. The second-order valence-corrected chi connectivity index (χ2v) is 7.80. The average molecular weight is 540 g/mol. The van der Waals surface area contributed by atoms with Crippen molar-refractivity contribution in [2.75, 3.05) is 7.11 Å². The van der Waals surface area contributed by atoms with Crippen molar-refractivity contribution in [2.45, 2.75) is 6.42 Å². The molecule has 1 amide bonds. The van der Waals surface area contributed by atoms with Crippen molar-refractivity contribution >= 4 is 40.1 Å². The lowest BCUT2D eigenvalue weighted by atomic mass is 9.98. The van der Waals surface area contributed by atoms with E-state index in [1.54, 1.807) is 6.07 Å². The van der Waals surface area contributed by atoms with Gasteiger partial charge in [-0.2, -0.15) is 5.26 Å². The maximum absolute atomic E-state index is 14.9. The molecule has 2 aromatic carbocycles. The number of aromatic nitrogens is 1. The molecule has 0 saturated carbocycles. The van der Waals surface area contributed by atoms with Crippen molar-refractivity contribution in [1.29, 1.82) is 5.26 Å². The summed E-state index contributed by atoms with van der Waals surface area (Å²) in [4.78, 5) is 15.7. The zero-order valence-electron chi connectivity index (χ0n) is 15.5. The van der Waals surface area contributed by atoms with E-state index in [2.05, 4.69) is 4.98 Å². The van der Waals surface area contributed by atoms with Gasteiger partial charge in [0.2, 0.25) is 0 Å². The fraction of sp³-hybridized carbons (Fsp3) is 0.0952. The Hall–Kier alpha value is -2.77. The highest BCUT2D eigenvalue weighted by Crippen LogP contribution is 2.33. The number of pyridine rings is 1. The van der Waals surface area contributed by atoms with Crippen molar-refractivity contribution in [2.24, 2.45) is 5.73 Å². The summed E-state index contributed by atoms with van der Waals surface area (Å²) in [5.41, 5.74) is 6.34. The fourth-order valence-corrected chi connectivity index (χ4v) is 3.65. The summed E-state index contributed by atoms with van der Waals surface area (Å²) in [6.45, 7) is 0. The van der Waals surface area contributed by atoms with Gasteiger partial charge in [-0.3, -0.25) is 9.78 Å². The number of rotatable bonds is 5. The van der Waals surface area contributed by atoms with Crippen molar-refractivity contribution in [3.05, 3.63) is 79.0 Å². The molecule has 0 aliphatic heterocycles.